The zero-order valence-corrected chi connectivity index (χ0v) is 25.0. The fraction of sp³-hybridized carbons (Fsp3) is 0.300. The van der Waals surface area contributed by atoms with Gasteiger partial charge in [-0.05, 0) is 5.56 Å². The molecular formula is C20H17N5Na2O6S2. The van der Waals surface area contributed by atoms with Gasteiger partial charge in [0.2, 0.25) is 11.0 Å². The number of nitrogens with one attached hydrogen (secondary N) is 1. The Labute approximate surface area is 252 Å². The smallest absolute Gasteiger partial charge is 0.549 e. The van der Waals surface area contributed by atoms with Crippen molar-refractivity contribution in [1.29, 1.82) is 0 Å². The summed E-state index contributed by atoms with van der Waals surface area (Å²) in [6.07, 6.45) is 0. The molecule has 2 unspecified atom stereocenters. The molecule has 1 fully saturated rings. The number of carboxylic acid groups (broad SMARTS) is 2. The minimum atomic E-state index is -1.61. The van der Waals surface area contributed by atoms with Crippen LogP contribution in [0.5, 0.6) is 0 Å². The number of carbonyl (C=O) groups is 4. The van der Waals surface area contributed by atoms with Crippen molar-refractivity contribution in [3.05, 3.63) is 46.6 Å². The standard InChI is InChI=1S/C20H19N5O6S2.2Na/c1-24(2)20-23-22-15(33-20)10-8-32-17-12(16(27)25(17)13(10)19(30)31)21-14(26)11(18(28)29)9-6-4-3-5-7-9;;/h3-7,11-12,17H,8H2,1-2H3,(H,21,26)(H,28,29)(H,30,31);;/q;2*+1/p-2/t11?,12?,17-;;/m0../s1. The molecule has 0 aliphatic carbocycles. The van der Waals surface area contributed by atoms with E-state index in [0.717, 1.165) is 4.90 Å². The van der Waals surface area contributed by atoms with Gasteiger partial charge in [0.1, 0.15) is 22.3 Å². The molecule has 3 atom stereocenters. The third-order valence-electron chi connectivity index (χ3n) is 5.15. The number of hydrogen-bond donors (Lipinski definition) is 1. The number of rotatable bonds is 7. The van der Waals surface area contributed by atoms with Crippen LogP contribution in [0.15, 0.2) is 36.0 Å². The van der Waals surface area contributed by atoms with Crippen molar-refractivity contribution in [2.24, 2.45) is 0 Å². The first kappa shape index (κ1) is 29.8. The fourth-order valence-electron chi connectivity index (χ4n) is 3.57. The van der Waals surface area contributed by atoms with Crippen LogP contribution >= 0.6 is 23.1 Å². The van der Waals surface area contributed by atoms with E-state index in [1.54, 1.807) is 37.2 Å². The normalized spacial score (nSPS) is 19.4. The topological polar surface area (TPSA) is 159 Å². The summed E-state index contributed by atoms with van der Waals surface area (Å²) in [5, 5.41) is 34.2. The first-order valence-electron chi connectivity index (χ1n) is 9.67. The average Bonchev–Trinajstić information content (AvgIpc) is 3.27. The molecule has 172 valence electrons. The largest absolute Gasteiger partial charge is 1.00 e. The van der Waals surface area contributed by atoms with Crippen LogP contribution in [-0.2, 0) is 19.2 Å². The van der Waals surface area contributed by atoms with Gasteiger partial charge in [-0.25, -0.2) is 0 Å². The second-order valence-electron chi connectivity index (χ2n) is 7.46. The van der Waals surface area contributed by atoms with Crippen molar-refractivity contribution < 1.29 is 88.5 Å². The molecular weight excluding hydrogens is 516 g/mol. The van der Waals surface area contributed by atoms with Crippen LogP contribution in [0.25, 0.3) is 5.57 Å². The van der Waals surface area contributed by atoms with Crippen LogP contribution in [0.3, 0.4) is 0 Å². The second-order valence-corrected chi connectivity index (χ2v) is 9.52. The Hall–Kier alpha value is -1.45. The first-order chi connectivity index (χ1) is 15.7. The molecule has 15 heteroatoms. The molecule has 0 bridgehead atoms. The Morgan fingerprint density at radius 2 is 1.80 bits per heavy atom. The maximum absolute atomic E-state index is 12.8. The van der Waals surface area contributed by atoms with E-state index >= 15 is 0 Å². The predicted octanol–water partition coefficient (Wildman–Crippen LogP) is -7.99. The van der Waals surface area contributed by atoms with E-state index in [-0.39, 0.29) is 76.1 Å². The molecule has 1 aromatic heterocycles. The van der Waals surface area contributed by atoms with Crippen LogP contribution in [0.2, 0.25) is 0 Å². The van der Waals surface area contributed by atoms with Crippen molar-refractivity contribution in [3.63, 3.8) is 0 Å². The molecule has 11 nitrogen and oxygen atoms in total. The van der Waals surface area contributed by atoms with Crippen molar-refractivity contribution in [2.75, 3.05) is 24.7 Å². The number of hydrogen-bond acceptors (Lipinski definition) is 11. The number of β-lactam (4-membered cyclic amide) rings is 1. The summed E-state index contributed by atoms with van der Waals surface area (Å²) in [5.41, 5.74) is 0.188. The van der Waals surface area contributed by atoms with Crippen molar-refractivity contribution in [1.82, 2.24) is 20.4 Å². The predicted molar refractivity (Wildman–Crippen MR) is 115 cm³/mol. The monoisotopic (exact) mass is 533 g/mol. The summed E-state index contributed by atoms with van der Waals surface area (Å²) in [7, 11) is 3.54. The van der Waals surface area contributed by atoms with Gasteiger partial charge in [-0.1, -0.05) is 41.7 Å². The summed E-state index contributed by atoms with van der Waals surface area (Å²) in [4.78, 5) is 51.8. The minimum absolute atomic E-state index is 0. The molecule has 35 heavy (non-hydrogen) atoms. The SMILES string of the molecule is CN(C)c1nnc(C2=C(C(=O)[O-])N3C(=O)C(NC(=O)C(C(=O)[O-])c4ccccc4)[C@@H]3SC2)s1.[Na+].[Na+]. The molecule has 4 rings (SSSR count). The Bertz CT molecular complexity index is 1180. The van der Waals surface area contributed by atoms with Gasteiger partial charge in [-0.2, -0.15) is 0 Å². The van der Waals surface area contributed by atoms with E-state index in [1.807, 2.05) is 0 Å². The van der Waals surface area contributed by atoms with Gasteiger partial charge in [0.15, 0.2) is 0 Å². The van der Waals surface area contributed by atoms with Gasteiger partial charge < -0.3 is 30.0 Å². The van der Waals surface area contributed by atoms with E-state index < -0.39 is 41.1 Å². The van der Waals surface area contributed by atoms with Crippen LogP contribution < -0.4 is 79.5 Å². The van der Waals surface area contributed by atoms with Gasteiger partial charge in [-0.15, -0.1) is 22.0 Å². The number of carboxylic acids is 2. The summed E-state index contributed by atoms with van der Waals surface area (Å²) in [5.74, 6) is -6.17. The van der Waals surface area contributed by atoms with Gasteiger partial charge in [-0.3, -0.25) is 14.5 Å². The molecule has 1 aromatic carbocycles. The van der Waals surface area contributed by atoms with Gasteiger partial charge in [0.25, 0.3) is 5.91 Å². The number of anilines is 1. The van der Waals surface area contributed by atoms with E-state index in [0.29, 0.717) is 15.7 Å². The van der Waals surface area contributed by atoms with Gasteiger partial charge in [0, 0.05) is 25.4 Å². The Morgan fingerprint density at radius 1 is 1.14 bits per heavy atom. The van der Waals surface area contributed by atoms with E-state index in [9.17, 15) is 29.4 Å². The minimum Gasteiger partial charge on any atom is -0.549 e. The molecule has 1 N–H and O–H groups in total. The third kappa shape index (κ3) is 5.77. The molecule has 2 aliphatic rings. The molecule has 2 aromatic rings. The van der Waals surface area contributed by atoms with Crippen LogP contribution in [0, 0.1) is 0 Å². The zero-order chi connectivity index (χ0) is 23.9. The van der Waals surface area contributed by atoms with Crippen LogP contribution in [-0.4, -0.2) is 70.1 Å². The maximum Gasteiger partial charge on any atom is 1.00 e. The molecule has 3 heterocycles. The molecule has 0 spiro atoms. The fourth-order valence-corrected chi connectivity index (χ4v) is 5.82. The van der Waals surface area contributed by atoms with Crippen molar-refractivity contribution in [3.8, 4) is 0 Å². The van der Waals surface area contributed by atoms with Crippen LogP contribution in [0.1, 0.15) is 16.5 Å². The molecule has 0 radical (unpaired) electrons. The number of aliphatic carboxylic acids is 2. The van der Waals surface area contributed by atoms with E-state index in [2.05, 4.69) is 15.5 Å². The summed E-state index contributed by atoms with van der Waals surface area (Å²) >= 11 is 2.40. The third-order valence-corrected chi connectivity index (χ3v) is 7.58. The van der Waals surface area contributed by atoms with Crippen molar-refractivity contribution >= 4 is 57.6 Å². The van der Waals surface area contributed by atoms with Gasteiger partial charge in [0.05, 0.1) is 17.6 Å². The van der Waals surface area contributed by atoms with E-state index in [4.69, 9.17) is 0 Å². The molecule has 2 amide bonds. The summed E-state index contributed by atoms with van der Waals surface area (Å²) in [6, 6.07) is 6.69. The quantitative estimate of drug-likeness (QED) is 0.206. The summed E-state index contributed by atoms with van der Waals surface area (Å²) in [6.45, 7) is 0. The average molecular weight is 533 g/mol. The second kappa shape index (κ2) is 12.2. The molecule has 2 aliphatic heterocycles. The number of carbonyl (C=O) groups excluding carboxylic acids is 4. The molecule has 1 saturated heterocycles. The Morgan fingerprint density at radius 3 is 2.34 bits per heavy atom. The number of amides is 2. The number of aromatic nitrogens is 2. The maximum atomic E-state index is 12.8. The van der Waals surface area contributed by atoms with Gasteiger partial charge >= 0.3 is 59.1 Å². The Kier molecular flexibility index (Phi) is 10.4. The number of thioether (sulfide) groups is 1. The van der Waals surface area contributed by atoms with Crippen molar-refractivity contribution in [2.45, 2.75) is 17.3 Å². The number of fused-ring (bicyclic) bond motifs is 1. The van der Waals surface area contributed by atoms with E-state index in [1.165, 1.54) is 35.2 Å². The molecule has 0 saturated carbocycles. The van der Waals surface area contributed by atoms with Crippen LogP contribution in [0.4, 0.5) is 5.13 Å². The number of benzene rings is 1. The summed E-state index contributed by atoms with van der Waals surface area (Å²) < 4.78 is 0. The first-order valence-corrected chi connectivity index (χ1v) is 11.5. The zero-order valence-electron chi connectivity index (χ0n) is 19.4. The Balaban J connectivity index is 0.00000216. The number of nitrogens with zero attached hydrogens (tertiary/aromatic N) is 4.